The number of ether oxygens (including phenoxy) is 1. The van der Waals surface area contributed by atoms with E-state index in [4.69, 9.17) is 9.84 Å². The van der Waals surface area contributed by atoms with E-state index in [0.29, 0.717) is 0 Å². The quantitative estimate of drug-likeness (QED) is 0.804. The first-order chi connectivity index (χ1) is 9.52. The van der Waals surface area contributed by atoms with Crippen molar-refractivity contribution in [3.05, 3.63) is 6.33 Å². The van der Waals surface area contributed by atoms with Gasteiger partial charge >= 0.3 is 5.97 Å². The van der Waals surface area contributed by atoms with Crippen molar-refractivity contribution >= 4 is 28.9 Å². The molecule has 1 N–H and O–H groups in total. The number of aromatic nitrogens is 4. The zero-order valence-corrected chi connectivity index (χ0v) is 11.1. The first-order valence-electron chi connectivity index (χ1n) is 5.41. The Labute approximate surface area is 116 Å². The minimum absolute atomic E-state index is 0.140. The van der Waals surface area contributed by atoms with Crippen molar-refractivity contribution in [3.63, 3.8) is 0 Å². The molecule has 0 aliphatic carbocycles. The van der Waals surface area contributed by atoms with Crippen molar-refractivity contribution in [2.45, 2.75) is 18.1 Å². The van der Waals surface area contributed by atoms with E-state index in [1.54, 1.807) is 0 Å². The highest BCUT2D eigenvalue weighted by molar-refractivity contribution is 7.99. The van der Waals surface area contributed by atoms with Crippen molar-refractivity contribution in [1.82, 2.24) is 19.5 Å². The second-order valence-corrected chi connectivity index (χ2v) is 4.58. The van der Waals surface area contributed by atoms with Gasteiger partial charge in [0, 0.05) is 0 Å². The lowest BCUT2D eigenvalue weighted by molar-refractivity contribution is -0.133. The van der Waals surface area contributed by atoms with Crippen LogP contribution in [0, 0.1) is 0 Å². The summed E-state index contributed by atoms with van der Waals surface area (Å²) >= 11 is 0.838. The van der Waals surface area contributed by atoms with E-state index < -0.39 is 18.9 Å². The maximum Gasteiger partial charge on any atom is 0.313 e. The van der Waals surface area contributed by atoms with Crippen molar-refractivity contribution < 1.29 is 23.4 Å². The van der Waals surface area contributed by atoms with Gasteiger partial charge in [0.1, 0.15) is 6.33 Å². The minimum Gasteiger partial charge on any atom is -0.481 e. The lowest BCUT2D eigenvalue weighted by Crippen LogP contribution is -2.09. The van der Waals surface area contributed by atoms with Gasteiger partial charge in [-0.05, 0) is 0 Å². The fourth-order valence-electron chi connectivity index (χ4n) is 1.58. The molecule has 2 aromatic rings. The topological polar surface area (TPSA) is 90.1 Å². The van der Waals surface area contributed by atoms with Gasteiger partial charge in [-0.3, -0.25) is 9.36 Å². The first kappa shape index (κ1) is 14.4. The van der Waals surface area contributed by atoms with Gasteiger partial charge in [-0.25, -0.2) is 18.7 Å². The zero-order valence-electron chi connectivity index (χ0n) is 10.3. The summed E-state index contributed by atoms with van der Waals surface area (Å²) in [6.07, 6.45) is -1.44. The number of aliphatic carboxylic acids is 1. The van der Waals surface area contributed by atoms with Crippen LogP contribution in [0.25, 0.3) is 11.2 Å². The second kappa shape index (κ2) is 5.99. The van der Waals surface area contributed by atoms with Crippen LogP contribution in [0.15, 0.2) is 11.5 Å². The van der Waals surface area contributed by atoms with Crippen molar-refractivity contribution in [2.75, 3.05) is 12.9 Å². The van der Waals surface area contributed by atoms with Crippen LogP contribution in [-0.4, -0.2) is 49.9 Å². The number of methoxy groups -OCH3 is 1. The number of nitrogens with zero attached hydrogens (tertiary/aromatic N) is 4. The van der Waals surface area contributed by atoms with Gasteiger partial charge < -0.3 is 9.84 Å². The van der Waals surface area contributed by atoms with Crippen LogP contribution >= 0.6 is 11.8 Å². The zero-order chi connectivity index (χ0) is 14.7. The van der Waals surface area contributed by atoms with E-state index in [2.05, 4.69) is 15.0 Å². The Morgan fingerprint density at radius 3 is 2.90 bits per heavy atom. The molecular formula is C10H10F2N4O3S. The van der Waals surface area contributed by atoms with E-state index in [9.17, 15) is 13.6 Å². The monoisotopic (exact) mass is 304 g/mol. The van der Waals surface area contributed by atoms with E-state index in [-0.39, 0.29) is 28.0 Å². The van der Waals surface area contributed by atoms with Crippen LogP contribution < -0.4 is 4.74 Å². The molecule has 0 aromatic carbocycles. The Balaban J connectivity index is 2.50. The van der Waals surface area contributed by atoms with Crippen LogP contribution in [0.4, 0.5) is 8.78 Å². The molecule has 0 aliphatic heterocycles. The third-order valence-electron chi connectivity index (χ3n) is 2.30. The highest BCUT2D eigenvalue weighted by Crippen LogP contribution is 2.27. The summed E-state index contributed by atoms with van der Waals surface area (Å²) in [7, 11) is 1.37. The third-order valence-corrected chi connectivity index (χ3v) is 3.26. The molecule has 2 aromatic heterocycles. The molecule has 20 heavy (non-hydrogen) atoms. The lowest BCUT2D eigenvalue weighted by Gasteiger charge is -2.06. The summed E-state index contributed by atoms with van der Waals surface area (Å²) < 4.78 is 31.4. The van der Waals surface area contributed by atoms with Gasteiger partial charge in [-0.15, -0.1) is 0 Å². The Morgan fingerprint density at radius 2 is 2.30 bits per heavy atom. The number of carboxylic acid groups (broad SMARTS) is 1. The van der Waals surface area contributed by atoms with Gasteiger partial charge in [0.2, 0.25) is 5.88 Å². The van der Waals surface area contributed by atoms with E-state index >= 15 is 0 Å². The number of carbonyl (C=O) groups is 1. The number of hydrogen-bond donors (Lipinski definition) is 1. The lowest BCUT2D eigenvalue weighted by atomic mass is 10.5. The molecule has 2 rings (SSSR count). The number of hydrogen-bond acceptors (Lipinski definition) is 6. The SMILES string of the molecule is COc1ncnc2c1nc(SCC(=O)O)n2CC(F)F. The molecule has 0 amide bonds. The maximum absolute atomic E-state index is 12.6. The van der Waals surface area contributed by atoms with Crippen LogP contribution in [0.5, 0.6) is 5.88 Å². The molecule has 10 heteroatoms. The second-order valence-electron chi connectivity index (χ2n) is 3.63. The van der Waals surface area contributed by atoms with Crippen LogP contribution in [0.1, 0.15) is 0 Å². The molecule has 0 radical (unpaired) electrons. The van der Waals surface area contributed by atoms with Crippen molar-refractivity contribution in [3.8, 4) is 5.88 Å². The Kier molecular flexibility index (Phi) is 4.32. The number of imidazole rings is 1. The Bertz CT molecular complexity index is 634. The van der Waals surface area contributed by atoms with Crippen molar-refractivity contribution in [1.29, 1.82) is 0 Å². The number of halogens is 2. The summed E-state index contributed by atoms with van der Waals surface area (Å²) in [4.78, 5) is 22.4. The van der Waals surface area contributed by atoms with Gasteiger partial charge in [0.05, 0.1) is 19.4 Å². The maximum atomic E-state index is 12.6. The Hall–Kier alpha value is -1.97. The fraction of sp³-hybridized carbons (Fsp3) is 0.400. The minimum atomic E-state index is -2.61. The number of rotatable bonds is 6. The van der Waals surface area contributed by atoms with Gasteiger partial charge in [-0.1, -0.05) is 11.8 Å². The molecule has 108 valence electrons. The largest absolute Gasteiger partial charge is 0.481 e. The van der Waals surface area contributed by atoms with Gasteiger partial charge in [-0.2, -0.15) is 4.98 Å². The number of carboxylic acids is 1. The number of alkyl halides is 2. The third kappa shape index (κ3) is 2.95. The average Bonchev–Trinajstić information content (AvgIpc) is 2.74. The first-order valence-corrected chi connectivity index (χ1v) is 6.39. The molecular weight excluding hydrogens is 294 g/mol. The summed E-state index contributed by atoms with van der Waals surface area (Å²) in [5, 5.41) is 8.80. The fourth-order valence-corrected chi connectivity index (χ4v) is 2.31. The van der Waals surface area contributed by atoms with Gasteiger partial charge in [0.25, 0.3) is 6.43 Å². The van der Waals surface area contributed by atoms with Crippen LogP contribution in [0.3, 0.4) is 0 Å². The van der Waals surface area contributed by atoms with E-state index in [0.717, 1.165) is 16.3 Å². The molecule has 0 unspecified atom stereocenters. The molecule has 0 saturated heterocycles. The molecule has 0 atom stereocenters. The summed E-state index contributed by atoms with van der Waals surface area (Å²) in [5.74, 6) is -1.20. The van der Waals surface area contributed by atoms with Crippen molar-refractivity contribution in [2.24, 2.45) is 0 Å². The summed E-state index contributed by atoms with van der Waals surface area (Å²) in [6.45, 7) is -0.626. The molecule has 7 nitrogen and oxygen atoms in total. The Morgan fingerprint density at radius 1 is 1.55 bits per heavy atom. The molecule has 2 heterocycles. The number of thioether (sulfide) groups is 1. The highest BCUT2D eigenvalue weighted by atomic mass is 32.2. The van der Waals surface area contributed by atoms with E-state index in [1.165, 1.54) is 13.4 Å². The van der Waals surface area contributed by atoms with Crippen LogP contribution in [0.2, 0.25) is 0 Å². The van der Waals surface area contributed by atoms with Gasteiger partial charge in [0.15, 0.2) is 16.3 Å². The summed E-state index contributed by atoms with van der Waals surface area (Å²) in [5.41, 5.74) is 0.411. The van der Waals surface area contributed by atoms with Crippen LogP contribution in [-0.2, 0) is 11.3 Å². The molecule has 0 bridgehead atoms. The van der Waals surface area contributed by atoms with E-state index in [1.807, 2.05) is 0 Å². The average molecular weight is 304 g/mol. The predicted octanol–water partition coefficient (Wildman–Crippen LogP) is 1.28. The number of fused-ring (bicyclic) bond motifs is 1. The predicted molar refractivity (Wildman–Crippen MR) is 66.2 cm³/mol. The molecule has 0 spiro atoms. The standard InChI is InChI=1S/C10H10F2N4O3S/c1-19-9-7-8(13-4-14-9)16(2-5(11)12)10(15-7)20-3-6(17)18/h4-5H,2-3H2,1H3,(H,17,18). The smallest absolute Gasteiger partial charge is 0.313 e. The molecule has 0 aliphatic rings. The highest BCUT2D eigenvalue weighted by Gasteiger charge is 2.19. The summed E-state index contributed by atoms with van der Waals surface area (Å²) in [6, 6.07) is 0. The molecule has 0 fully saturated rings. The normalized spacial score (nSPS) is 11.2. The molecule has 0 saturated carbocycles.